The van der Waals surface area contributed by atoms with Crippen LogP contribution in [0.1, 0.15) is 12.5 Å². The second-order valence-corrected chi connectivity index (χ2v) is 4.03. The predicted molar refractivity (Wildman–Crippen MR) is 57.7 cm³/mol. The molecule has 0 aromatic heterocycles. The van der Waals surface area contributed by atoms with Gasteiger partial charge in [-0.15, -0.1) is 0 Å². The van der Waals surface area contributed by atoms with Crippen LogP contribution in [0, 0.1) is 0 Å². The number of benzene rings is 1. The standard InChI is InChI=1S/C12H13F2NO2/c1-8-10(11(13)14)15(12(16)17-8)7-9-5-3-2-4-6-9/h2-6,8,10-11H,7H2,1H3. The zero-order chi connectivity index (χ0) is 12.4. The highest BCUT2D eigenvalue weighted by Gasteiger charge is 2.44. The molecular weight excluding hydrogens is 228 g/mol. The molecule has 2 atom stereocenters. The molecule has 1 amide bonds. The number of alkyl halides is 2. The highest BCUT2D eigenvalue weighted by atomic mass is 19.3. The summed E-state index contributed by atoms with van der Waals surface area (Å²) in [6, 6.07) is 7.86. The minimum Gasteiger partial charge on any atom is -0.444 e. The van der Waals surface area contributed by atoms with Gasteiger partial charge >= 0.3 is 6.09 Å². The summed E-state index contributed by atoms with van der Waals surface area (Å²) in [5, 5.41) is 0. The highest BCUT2D eigenvalue weighted by molar-refractivity contribution is 5.70. The van der Waals surface area contributed by atoms with Gasteiger partial charge in [0.25, 0.3) is 6.43 Å². The van der Waals surface area contributed by atoms with Crippen molar-refractivity contribution in [1.29, 1.82) is 0 Å². The number of halogens is 2. The zero-order valence-corrected chi connectivity index (χ0v) is 9.35. The summed E-state index contributed by atoms with van der Waals surface area (Å²) < 4.78 is 30.5. The molecule has 0 bridgehead atoms. The summed E-state index contributed by atoms with van der Waals surface area (Å²) in [4.78, 5) is 12.6. The molecule has 0 spiro atoms. The van der Waals surface area contributed by atoms with Gasteiger partial charge < -0.3 is 4.74 Å². The Morgan fingerprint density at radius 1 is 1.35 bits per heavy atom. The number of carbonyl (C=O) groups excluding carboxylic acids is 1. The highest BCUT2D eigenvalue weighted by Crippen LogP contribution is 2.26. The number of carbonyl (C=O) groups is 1. The van der Waals surface area contributed by atoms with Gasteiger partial charge in [0.15, 0.2) is 0 Å². The summed E-state index contributed by atoms with van der Waals surface area (Å²) in [7, 11) is 0. The van der Waals surface area contributed by atoms with E-state index in [4.69, 9.17) is 4.74 Å². The van der Waals surface area contributed by atoms with Gasteiger partial charge in [0.1, 0.15) is 12.1 Å². The van der Waals surface area contributed by atoms with E-state index in [0.29, 0.717) is 0 Å². The van der Waals surface area contributed by atoms with Crippen molar-refractivity contribution in [1.82, 2.24) is 4.90 Å². The van der Waals surface area contributed by atoms with Crippen LogP contribution >= 0.6 is 0 Å². The lowest BCUT2D eigenvalue weighted by atomic mass is 10.1. The number of amides is 1. The average molecular weight is 241 g/mol. The second-order valence-electron chi connectivity index (χ2n) is 4.03. The zero-order valence-electron chi connectivity index (χ0n) is 9.35. The molecule has 1 fully saturated rings. The Labute approximate surface area is 98.0 Å². The first-order valence-electron chi connectivity index (χ1n) is 5.39. The molecule has 1 heterocycles. The Morgan fingerprint density at radius 2 is 2.00 bits per heavy atom. The molecule has 1 aromatic carbocycles. The molecule has 0 aliphatic carbocycles. The minimum absolute atomic E-state index is 0.152. The van der Waals surface area contributed by atoms with Crippen molar-refractivity contribution in [2.24, 2.45) is 0 Å². The van der Waals surface area contributed by atoms with Crippen LogP contribution < -0.4 is 0 Å². The van der Waals surface area contributed by atoms with Crippen LogP contribution in [0.4, 0.5) is 13.6 Å². The fourth-order valence-electron chi connectivity index (χ4n) is 1.96. The van der Waals surface area contributed by atoms with E-state index in [1.807, 2.05) is 6.07 Å². The first-order chi connectivity index (χ1) is 8.09. The van der Waals surface area contributed by atoms with Crippen LogP contribution in [0.3, 0.4) is 0 Å². The summed E-state index contributed by atoms with van der Waals surface area (Å²) in [5.74, 6) is 0. The molecule has 1 aliphatic rings. The molecule has 0 saturated carbocycles. The summed E-state index contributed by atoms with van der Waals surface area (Å²) in [6.07, 6.45) is -4.04. The molecule has 0 N–H and O–H groups in total. The molecule has 92 valence electrons. The van der Waals surface area contributed by atoms with Crippen LogP contribution in [0.25, 0.3) is 0 Å². The largest absolute Gasteiger partial charge is 0.444 e. The summed E-state index contributed by atoms with van der Waals surface area (Å²) in [5.41, 5.74) is 0.809. The van der Waals surface area contributed by atoms with E-state index < -0.39 is 24.7 Å². The van der Waals surface area contributed by atoms with Gasteiger partial charge in [-0.3, -0.25) is 4.90 Å². The van der Waals surface area contributed by atoms with Crippen molar-refractivity contribution in [3.63, 3.8) is 0 Å². The second kappa shape index (κ2) is 4.69. The van der Waals surface area contributed by atoms with Gasteiger partial charge in [-0.25, -0.2) is 13.6 Å². The van der Waals surface area contributed by atoms with Crippen molar-refractivity contribution in [3.8, 4) is 0 Å². The topological polar surface area (TPSA) is 29.5 Å². The van der Waals surface area contributed by atoms with E-state index in [1.165, 1.54) is 6.92 Å². The number of ether oxygens (including phenoxy) is 1. The lowest BCUT2D eigenvalue weighted by molar-refractivity contribution is 0.0357. The van der Waals surface area contributed by atoms with Gasteiger partial charge in [-0.1, -0.05) is 30.3 Å². The van der Waals surface area contributed by atoms with Gasteiger partial charge in [-0.2, -0.15) is 0 Å². The van der Waals surface area contributed by atoms with Gasteiger partial charge in [-0.05, 0) is 12.5 Å². The van der Waals surface area contributed by atoms with E-state index in [-0.39, 0.29) is 6.54 Å². The normalized spacial score (nSPS) is 24.2. The van der Waals surface area contributed by atoms with Crippen molar-refractivity contribution < 1.29 is 18.3 Å². The molecule has 2 rings (SSSR count). The Hall–Kier alpha value is -1.65. The lowest BCUT2D eigenvalue weighted by Crippen LogP contribution is -2.40. The number of nitrogens with zero attached hydrogens (tertiary/aromatic N) is 1. The van der Waals surface area contributed by atoms with Crippen LogP contribution in [0.15, 0.2) is 30.3 Å². The smallest absolute Gasteiger partial charge is 0.410 e. The third-order valence-electron chi connectivity index (χ3n) is 2.82. The van der Waals surface area contributed by atoms with Crippen LogP contribution in [-0.2, 0) is 11.3 Å². The molecular formula is C12H13F2NO2. The molecule has 17 heavy (non-hydrogen) atoms. The molecule has 0 radical (unpaired) electrons. The molecule has 5 heteroatoms. The Bertz CT molecular complexity index is 397. The van der Waals surface area contributed by atoms with Gasteiger partial charge in [0.05, 0.1) is 0 Å². The number of hydrogen-bond donors (Lipinski definition) is 0. The number of cyclic esters (lactones) is 1. The van der Waals surface area contributed by atoms with Crippen molar-refractivity contribution in [2.75, 3.05) is 0 Å². The third-order valence-corrected chi connectivity index (χ3v) is 2.82. The SMILES string of the molecule is CC1OC(=O)N(Cc2ccccc2)C1C(F)F. The van der Waals surface area contributed by atoms with Crippen LogP contribution in [-0.4, -0.2) is 29.6 Å². The quantitative estimate of drug-likeness (QED) is 0.814. The maximum Gasteiger partial charge on any atom is 0.410 e. The van der Waals surface area contributed by atoms with Gasteiger partial charge in [0, 0.05) is 6.54 Å². The Balaban J connectivity index is 2.16. The van der Waals surface area contributed by atoms with E-state index in [0.717, 1.165) is 10.5 Å². The van der Waals surface area contributed by atoms with Crippen molar-refractivity contribution >= 4 is 6.09 Å². The monoisotopic (exact) mass is 241 g/mol. The van der Waals surface area contributed by atoms with Crippen LogP contribution in [0.2, 0.25) is 0 Å². The number of rotatable bonds is 3. The molecule has 1 aliphatic heterocycles. The molecule has 1 aromatic rings. The minimum atomic E-state index is -2.60. The Kier molecular flexibility index (Phi) is 3.26. The van der Waals surface area contributed by atoms with E-state index >= 15 is 0 Å². The summed E-state index contributed by atoms with van der Waals surface area (Å²) >= 11 is 0. The fraction of sp³-hybridized carbons (Fsp3) is 0.417. The maximum atomic E-state index is 12.8. The lowest BCUT2D eigenvalue weighted by Gasteiger charge is -2.22. The first kappa shape index (κ1) is 11.8. The van der Waals surface area contributed by atoms with E-state index in [2.05, 4.69) is 0 Å². The third kappa shape index (κ3) is 2.38. The fourth-order valence-corrected chi connectivity index (χ4v) is 1.96. The van der Waals surface area contributed by atoms with Crippen molar-refractivity contribution in [2.45, 2.75) is 32.0 Å². The van der Waals surface area contributed by atoms with Crippen LogP contribution in [0.5, 0.6) is 0 Å². The van der Waals surface area contributed by atoms with Crippen molar-refractivity contribution in [3.05, 3.63) is 35.9 Å². The number of hydrogen-bond acceptors (Lipinski definition) is 2. The predicted octanol–water partition coefficient (Wildman–Crippen LogP) is 2.66. The molecule has 3 nitrogen and oxygen atoms in total. The Morgan fingerprint density at radius 3 is 2.59 bits per heavy atom. The maximum absolute atomic E-state index is 12.8. The average Bonchev–Trinajstić information content (AvgIpc) is 2.55. The molecule has 1 saturated heterocycles. The summed E-state index contributed by atoms with van der Waals surface area (Å²) in [6.45, 7) is 1.64. The van der Waals surface area contributed by atoms with E-state index in [9.17, 15) is 13.6 Å². The van der Waals surface area contributed by atoms with Gasteiger partial charge in [0.2, 0.25) is 0 Å². The van der Waals surface area contributed by atoms with E-state index in [1.54, 1.807) is 24.3 Å². The first-order valence-corrected chi connectivity index (χ1v) is 5.39. The molecule has 2 unspecified atom stereocenters.